The van der Waals surface area contributed by atoms with Gasteiger partial charge in [-0.1, -0.05) is 36.4 Å². The van der Waals surface area contributed by atoms with E-state index in [1.807, 2.05) is 0 Å². The van der Waals surface area contributed by atoms with Gasteiger partial charge in [0.2, 0.25) is 0 Å². The van der Waals surface area contributed by atoms with E-state index in [9.17, 15) is 0 Å². The summed E-state index contributed by atoms with van der Waals surface area (Å²) >= 11 is 0. The van der Waals surface area contributed by atoms with E-state index in [1.54, 1.807) is 36.4 Å². The van der Waals surface area contributed by atoms with Gasteiger partial charge in [0.05, 0.1) is 26.4 Å². The number of benzene rings is 2. The van der Waals surface area contributed by atoms with Crippen molar-refractivity contribution in [3.63, 3.8) is 0 Å². The van der Waals surface area contributed by atoms with E-state index in [-0.39, 0.29) is 26.4 Å². The first-order valence-corrected chi connectivity index (χ1v) is 6.74. The molecule has 0 unspecified atom stereocenters. The van der Waals surface area contributed by atoms with Gasteiger partial charge in [-0.15, -0.1) is 0 Å². The van der Waals surface area contributed by atoms with Gasteiger partial charge in [-0.2, -0.15) is 0 Å². The van der Waals surface area contributed by atoms with E-state index in [0.29, 0.717) is 33.6 Å². The summed E-state index contributed by atoms with van der Waals surface area (Å²) in [5.74, 6) is 0. The Hall–Kier alpha value is -2.12. The molecule has 0 aromatic heterocycles. The fourth-order valence-corrected chi connectivity index (χ4v) is 1.88. The fourth-order valence-electron chi connectivity index (χ4n) is 1.88. The maximum Gasteiger partial charge on any atom is 0.0702 e. The lowest BCUT2D eigenvalue weighted by Gasteiger charge is -2.05. The molecule has 0 saturated carbocycles. The van der Waals surface area contributed by atoms with Crippen LogP contribution in [0, 0.1) is 0 Å². The molecule has 120 valence electrons. The van der Waals surface area contributed by atoms with Crippen molar-refractivity contribution in [1.82, 2.24) is 0 Å². The van der Waals surface area contributed by atoms with Gasteiger partial charge in [-0.3, -0.25) is 0 Å². The lowest BCUT2D eigenvalue weighted by atomic mass is 10.1. The number of nitrogen functional groups attached to an aromatic ring is 2. The summed E-state index contributed by atoms with van der Waals surface area (Å²) in [7, 11) is 0. The van der Waals surface area contributed by atoms with Crippen molar-refractivity contribution in [3.05, 3.63) is 58.7 Å². The molecule has 6 nitrogen and oxygen atoms in total. The number of aliphatic hydroxyl groups is 4. The van der Waals surface area contributed by atoms with Crippen molar-refractivity contribution < 1.29 is 20.4 Å². The van der Waals surface area contributed by atoms with E-state index in [2.05, 4.69) is 0 Å². The molecule has 22 heavy (non-hydrogen) atoms. The molecule has 0 amide bonds. The maximum absolute atomic E-state index is 8.78. The van der Waals surface area contributed by atoms with Crippen LogP contribution in [-0.2, 0) is 26.4 Å². The lowest BCUT2D eigenvalue weighted by Crippen LogP contribution is -1.99. The van der Waals surface area contributed by atoms with Crippen LogP contribution in [-0.4, -0.2) is 20.4 Å². The predicted molar refractivity (Wildman–Crippen MR) is 85.4 cm³/mol. The summed E-state index contributed by atoms with van der Waals surface area (Å²) in [6.45, 7) is -0.335. The quantitative estimate of drug-likeness (QED) is 0.456. The molecular formula is C16H22N2O4. The second-order valence-corrected chi connectivity index (χ2v) is 4.61. The van der Waals surface area contributed by atoms with Crippen molar-refractivity contribution in [3.8, 4) is 0 Å². The number of para-hydroxylation sites is 2. The number of rotatable bonds is 4. The van der Waals surface area contributed by atoms with Gasteiger partial charge in [-0.05, 0) is 0 Å². The van der Waals surface area contributed by atoms with Crippen LogP contribution in [0.1, 0.15) is 22.3 Å². The number of anilines is 2. The van der Waals surface area contributed by atoms with Gasteiger partial charge in [0.15, 0.2) is 0 Å². The SMILES string of the molecule is Nc1c(CO)cccc1CO.Nc1c(CO)cccc1CO. The number of hydrogen-bond donors (Lipinski definition) is 6. The molecule has 0 radical (unpaired) electrons. The van der Waals surface area contributed by atoms with E-state index in [0.717, 1.165) is 0 Å². The third-order valence-corrected chi connectivity index (χ3v) is 3.25. The Labute approximate surface area is 129 Å². The molecule has 6 heteroatoms. The molecule has 0 spiro atoms. The molecule has 2 aromatic rings. The summed E-state index contributed by atoms with van der Waals surface area (Å²) < 4.78 is 0. The Morgan fingerprint density at radius 2 is 0.773 bits per heavy atom. The van der Waals surface area contributed by atoms with Gasteiger partial charge >= 0.3 is 0 Å². The van der Waals surface area contributed by atoms with Crippen molar-refractivity contribution in [2.24, 2.45) is 0 Å². The van der Waals surface area contributed by atoms with Gasteiger partial charge in [0.25, 0.3) is 0 Å². The Balaban J connectivity index is 0.000000220. The summed E-state index contributed by atoms with van der Waals surface area (Å²) in [5, 5.41) is 35.1. The third-order valence-electron chi connectivity index (χ3n) is 3.25. The average molecular weight is 306 g/mol. The molecule has 0 aliphatic carbocycles. The molecule has 0 heterocycles. The topological polar surface area (TPSA) is 133 Å². The Morgan fingerprint density at radius 3 is 0.955 bits per heavy atom. The smallest absolute Gasteiger partial charge is 0.0702 e. The van der Waals surface area contributed by atoms with Crippen LogP contribution < -0.4 is 11.5 Å². The van der Waals surface area contributed by atoms with Gasteiger partial charge < -0.3 is 31.9 Å². The first-order chi connectivity index (χ1) is 10.6. The monoisotopic (exact) mass is 306 g/mol. The van der Waals surface area contributed by atoms with Crippen LogP contribution in [0.2, 0.25) is 0 Å². The molecule has 0 fully saturated rings. The molecular weight excluding hydrogens is 284 g/mol. The van der Waals surface area contributed by atoms with Crippen LogP contribution in [0.3, 0.4) is 0 Å². The minimum atomic E-state index is -0.0837. The highest BCUT2D eigenvalue weighted by molar-refractivity contribution is 5.53. The van der Waals surface area contributed by atoms with Gasteiger partial charge in [0.1, 0.15) is 0 Å². The second-order valence-electron chi connectivity index (χ2n) is 4.61. The standard InChI is InChI=1S/2C8H11NO2/c2*9-8-6(4-10)2-1-3-7(8)5-11/h2*1-3,10-11H,4-5,9H2. The Bertz CT molecular complexity index is 505. The van der Waals surface area contributed by atoms with Crippen LogP contribution in [0.25, 0.3) is 0 Å². The van der Waals surface area contributed by atoms with E-state index >= 15 is 0 Å². The zero-order chi connectivity index (χ0) is 16.5. The largest absolute Gasteiger partial charge is 0.398 e. The second kappa shape index (κ2) is 9.01. The highest BCUT2D eigenvalue weighted by Gasteiger charge is 2.02. The lowest BCUT2D eigenvalue weighted by molar-refractivity contribution is 0.276. The summed E-state index contributed by atoms with van der Waals surface area (Å²) in [6, 6.07) is 10.4. The maximum atomic E-state index is 8.78. The zero-order valence-electron chi connectivity index (χ0n) is 12.2. The molecule has 0 atom stereocenters. The number of nitrogens with two attached hydrogens (primary N) is 2. The highest BCUT2D eigenvalue weighted by Crippen LogP contribution is 2.17. The molecule has 8 N–H and O–H groups in total. The van der Waals surface area contributed by atoms with E-state index in [4.69, 9.17) is 31.9 Å². The predicted octanol–water partition coefficient (Wildman–Crippen LogP) is 0.507. The fraction of sp³-hybridized carbons (Fsp3) is 0.250. The van der Waals surface area contributed by atoms with Gasteiger partial charge in [0, 0.05) is 33.6 Å². The number of hydrogen-bond acceptors (Lipinski definition) is 6. The first-order valence-electron chi connectivity index (χ1n) is 6.74. The number of aliphatic hydroxyl groups excluding tert-OH is 4. The molecule has 0 aliphatic rings. The van der Waals surface area contributed by atoms with E-state index in [1.165, 1.54) is 0 Å². The Kier molecular flexibility index (Phi) is 7.34. The van der Waals surface area contributed by atoms with Crippen LogP contribution in [0.5, 0.6) is 0 Å². The minimum Gasteiger partial charge on any atom is -0.398 e. The molecule has 2 rings (SSSR count). The van der Waals surface area contributed by atoms with Crippen LogP contribution in [0.15, 0.2) is 36.4 Å². The molecule has 0 bridgehead atoms. The van der Waals surface area contributed by atoms with Crippen molar-refractivity contribution in [2.75, 3.05) is 11.5 Å². The summed E-state index contributed by atoms with van der Waals surface area (Å²) in [4.78, 5) is 0. The average Bonchev–Trinajstić information content (AvgIpc) is 2.56. The first kappa shape index (κ1) is 17.9. The van der Waals surface area contributed by atoms with E-state index < -0.39 is 0 Å². The minimum absolute atomic E-state index is 0.0837. The summed E-state index contributed by atoms with van der Waals surface area (Å²) in [5.41, 5.74) is 14.8. The normalized spacial score (nSPS) is 10.0. The van der Waals surface area contributed by atoms with Crippen molar-refractivity contribution >= 4 is 11.4 Å². The highest BCUT2D eigenvalue weighted by atomic mass is 16.3. The summed E-state index contributed by atoms with van der Waals surface area (Å²) in [6.07, 6.45) is 0. The zero-order valence-corrected chi connectivity index (χ0v) is 12.2. The third kappa shape index (κ3) is 4.44. The van der Waals surface area contributed by atoms with Gasteiger partial charge in [-0.25, -0.2) is 0 Å². The molecule has 0 aliphatic heterocycles. The van der Waals surface area contributed by atoms with Crippen LogP contribution in [0.4, 0.5) is 11.4 Å². The molecule has 0 saturated heterocycles. The van der Waals surface area contributed by atoms with Crippen LogP contribution >= 0.6 is 0 Å². The van der Waals surface area contributed by atoms with Crippen molar-refractivity contribution in [1.29, 1.82) is 0 Å². The Morgan fingerprint density at radius 1 is 0.545 bits per heavy atom. The molecule has 2 aromatic carbocycles. The van der Waals surface area contributed by atoms with Crippen molar-refractivity contribution in [2.45, 2.75) is 26.4 Å².